The molecule has 0 radical (unpaired) electrons. The Morgan fingerprint density at radius 3 is 2.57 bits per heavy atom. The van der Waals surface area contributed by atoms with Crippen LogP contribution in [0.25, 0.3) is 10.9 Å². The van der Waals surface area contributed by atoms with Crippen LogP contribution in [-0.4, -0.2) is 26.9 Å². The Kier molecular flexibility index (Phi) is 5.84. The van der Waals surface area contributed by atoms with E-state index in [1.807, 2.05) is 52.0 Å². The second-order valence-electron chi connectivity index (χ2n) is 6.76. The summed E-state index contributed by atoms with van der Waals surface area (Å²) in [6.07, 6.45) is 0. The largest absolute Gasteiger partial charge is 0.329 e. The van der Waals surface area contributed by atoms with Crippen molar-refractivity contribution in [3.8, 4) is 0 Å². The number of aryl methyl sites for hydroxylation is 1. The van der Waals surface area contributed by atoms with Crippen molar-refractivity contribution in [3.63, 3.8) is 0 Å². The molecule has 6 heteroatoms. The normalized spacial score (nSPS) is 12.2. The Morgan fingerprint density at radius 2 is 1.93 bits per heavy atom. The number of rotatable bonds is 5. The highest BCUT2D eigenvalue weighted by Gasteiger charge is 2.26. The lowest BCUT2D eigenvalue weighted by Crippen LogP contribution is -2.37. The Labute approximate surface area is 169 Å². The van der Waals surface area contributed by atoms with E-state index in [9.17, 15) is 9.59 Å². The molecule has 0 aliphatic heterocycles. The smallest absolute Gasteiger partial charge is 0.261 e. The van der Waals surface area contributed by atoms with Crippen LogP contribution in [0.3, 0.4) is 0 Å². The molecule has 28 heavy (non-hydrogen) atoms. The van der Waals surface area contributed by atoms with Gasteiger partial charge in [-0.1, -0.05) is 29.8 Å². The molecule has 0 N–H and O–H groups in total. The first-order chi connectivity index (χ1) is 13.4. The third kappa shape index (κ3) is 3.54. The van der Waals surface area contributed by atoms with Crippen LogP contribution >= 0.6 is 11.6 Å². The number of hydrogen-bond acceptors (Lipinski definition) is 3. The number of halogens is 1. The molecule has 0 saturated heterocycles. The van der Waals surface area contributed by atoms with E-state index in [0.717, 1.165) is 5.56 Å². The predicted molar refractivity (Wildman–Crippen MR) is 113 cm³/mol. The number of carbonyl (C=O) groups is 1. The molecule has 1 amide bonds. The van der Waals surface area contributed by atoms with Crippen LogP contribution in [0, 0.1) is 6.92 Å². The molecule has 0 saturated carbocycles. The topological polar surface area (TPSA) is 55.2 Å². The van der Waals surface area contributed by atoms with Gasteiger partial charge >= 0.3 is 0 Å². The average molecular weight is 398 g/mol. The fourth-order valence-electron chi connectivity index (χ4n) is 3.54. The maximum Gasteiger partial charge on any atom is 0.261 e. The highest BCUT2D eigenvalue weighted by atomic mass is 35.5. The van der Waals surface area contributed by atoms with Crippen LogP contribution in [0.5, 0.6) is 0 Å². The van der Waals surface area contributed by atoms with Gasteiger partial charge in [-0.15, -0.1) is 0 Å². The maximum atomic E-state index is 13.2. The number of carbonyl (C=O) groups excluding carboxylic acids is 1. The fourth-order valence-corrected chi connectivity index (χ4v) is 3.71. The summed E-state index contributed by atoms with van der Waals surface area (Å²) in [6, 6.07) is 12.3. The third-order valence-electron chi connectivity index (χ3n) is 5.08. The van der Waals surface area contributed by atoms with Crippen LogP contribution < -0.4 is 5.56 Å². The number of nitrogens with zero attached hydrogens (tertiary/aromatic N) is 3. The molecule has 5 nitrogen and oxygen atoms in total. The molecule has 0 aliphatic rings. The van der Waals surface area contributed by atoms with Crippen LogP contribution in [0.1, 0.15) is 48.6 Å². The van der Waals surface area contributed by atoms with Crippen molar-refractivity contribution in [1.29, 1.82) is 0 Å². The molecule has 0 bridgehead atoms. The van der Waals surface area contributed by atoms with Crippen molar-refractivity contribution < 1.29 is 4.79 Å². The van der Waals surface area contributed by atoms with Gasteiger partial charge < -0.3 is 4.90 Å². The van der Waals surface area contributed by atoms with Gasteiger partial charge in [-0.05, 0) is 57.5 Å². The molecule has 1 heterocycles. The molecule has 1 atom stereocenters. The quantitative estimate of drug-likeness (QED) is 0.632. The molecule has 0 aliphatic carbocycles. The van der Waals surface area contributed by atoms with E-state index in [1.165, 1.54) is 0 Å². The first-order valence-corrected chi connectivity index (χ1v) is 9.83. The lowest BCUT2D eigenvalue weighted by Gasteiger charge is -2.30. The van der Waals surface area contributed by atoms with Gasteiger partial charge in [0.2, 0.25) is 0 Å². The zero-order valence-corrected chi connectivity index (χ0v) is 17.3. The molecule has 146 valence electrons. The molecular formula is C22H24ClN3O2. The summed E-state index contributed by atoms with van der Waals surface area (Å²) >= 11 is 6.06. The van der Waals surface area contributed by atoms with E-state index >= 15 is 0 Å². The summed E-state index contributed by atoms with van der Waals surface area (Å²) in [5.41, 5.74) is 2.03. The molecule has 1 aromatic heterocycles. The number of fused-ring (bicyclic) bond motifs is 1. The Morgan fingerprint density at radius 1 is 1.21 bits per heavy atom. The van der Waals surface area contributed by atoms with Crippen molar-refractivity contribution in [1.82, 2.24) is 14.5 Å². The van der Waals surface area contributed by atoms with Gasteiger partial charge in [0.25, 0.3) is 11.5 Å². The van der Waals surface area contributed by atoms with Gasteiger partial charge in [-0.3, -0.25) is 14.2 Å². The highest BCUT2D eigenvalue weighted by Crippen LogP contribution is 2.24. The van der Waals surface area contributed by atoms with Gasteiger partial charge in [0, 0.05) is 23.7 Å². The maximum absolute atomic E-state index is 13.2. The van der Waals surface area contributed by atoms with E-state index in [4.69, 9.17) is 16.6 Å². The Bertz CT molecular complexity index is 1090. The zero-order valence-electron chi connectivity index (χ0n) is 16.6. The highest BCUT2D eigenvalue weighted by molar-refractivity contribution is 6.31. The molecule has 2 aromatic carbocycles. The minimum absolute atomic E-state index is 0.0683. The van der Waals surface area contributed by atoms with Crippen molar-refractivity contribution >= 4 is 28.4 Å². The van der Waals surface area contributed by atoms with E-state index in [1.54, 1.807) is 27.7 Å². The average Bonchev–Trinajstić information content (AvgIpc) is 2.69. The molecule has 3 aromatic rings. The van der Waals surface area contributed by atoms with Gasteiger partial charge in [-0.2, -0.15) is 0 Å². The molecule has 0 spiro atoms. The summed E-state index contributed by atoms with van der Waals surface area (Å²) in [7, 11) is 0. The summed E-state index contributed by atoms with van der Waals surface area (Å²) in [5.74, 6) is 0.507. The summed E-state index contributed by atoms with van der Waals surface area (Å²) in [6.45, 7) is 8.63. The van der Waals surface area contributed by atoms with Crippen LogP contribution in [0.2, 0.25) is 5.02 Å². The summed E-state index contributed by atoms with van der Waals surface area (Å²) < 4.78 is 1.62. The lowest BCUT2D eigenvalue weighted by atomic mass is 10.1. The van der Waals surface area contributed by atoms with Crippen molar-refractivity contribution in [2.75, 3.05) is 6.54 Å². The number of amides is 1. The van der Waals surface area contributed by atoms with Crippen molar-refractivity contribution in [3.05, 3.63) is 74.8 Å². The van der Waals surface area contributed by atoms with Gasteiger partial charge in [-0.25, -0.2) is 4.98 Å². The first-order valence-electron chi connectivity index (χ1n) is 9.45. The fraction of sp³-hybridized carbons (Fsp3) is 0.318. The van der Waals surface area contributed by atoms with Crippen LogP contribution in [0.15, 0.2) is 47.3 Å². The zero-order chi connectivity index (χ0) is 20.4. The number of hydrogen-bond donors (Lipinski definition) is 0. The number of benzene rings is 2. The third-order valence-corrected chi connectivity index (χ3v) is 5.32. The van der Waals surface area contributed by atoms with Crippen molar-refractivity contribution in [2.24, 2.45) is 0 Å². The standard InChI is InChI=1S/C22H24ClN3O2/c1-5-25(21(27)17-10-8-7-9-14(17)3)15(4)20-24-19-12-11-16(23)13-18(19)22(28)26(20)6-2/h7-13,15H,5-6H2,1-4H3. The monoisotopic (exact) mass is 397 g/mol. The van der Waals surface area contributed by atoms with Crippen molar-refractivity contribution in [2.45, 2.75) is 40.3 Å². The second kappa shape index (κ2) is 8.15. The Balaban J connectivity index is 2.12. The Hall–Kier alpha value is -2.66. The van der Waals surface area contributed by atoms with Gasteiger partial charge in [0.1, 0.15) is 5.82 Å². The lowest BCUT2D eigenvalue weighted by molar-refractivity contribution is 0.0690. The first kappa shape index (κ1) is 20.1. The number of aromatic nitrogens is 2. The SMILES string of the molecule is CCN(C(=O)c1ccccc1C)C(C)c1nc2ccc(Cl)cc2c(=O)n1CC. The molecule has 0 fully saturated rings. The van der Waals surface area contributed by atoms with Crippen LogP contribution in [-0.2, 0) is 6.54 Å². The van der Waals surface area contributed by atoms with Gasteiger partial charge in [0.05, 0.1) is 16.9 Å². The minimum Gasteiger partial charge on any atom is -0.329 e. The summed E-state index contributed by atoms with van der Waals surface area (Å²) in [5, 5.41) is 0.985. The summed E-state index contributed by atoms with van der Waals surface area (Å²) in [4.78, 5) is 32.7. The predicted octanol–water partition coefficient (Wildman–Crippen LogP) is 4.60. The molecule has 1 unspecified atom stereocenters. The van der Waals surface area contributed by atoms with E-state index < -0.39 is 0 Å². The van der Waals surface area contributed by atoms with Crippen LogP contribution in [0.4, 0.5) is 0 Å². The van der Waals surface area contributed by atoms with E-state index in [-0.39, 0.29) is 17.5 Å². The minimum atomic E-state index is -0.357. The van der Waals surface area contributed by atoms with Gasteiger partial charge in [0.15, 0.2) is 0 Å². The molecular weight excluding hydrogens is 374 g/mol. The van der Waals surface area contributed by atoms with E-state index in [2.05, 4.69) is 0 Å². The second-order valence-corrected chi connectivity index (χ2v) is 7.20. The molecule has 3 rings (SSSR count). The van der Waals surface area contributed by atoms with E-state index in [0.29, 0.717) is 40.4 Å².